The molecule has 1 saturated heterocycles. The molecule has 136 valence electrons. The van der Waals surface area contributed by atoms with Gasteiger partial charge in [0, 0.05) is 24.3 Å². The van der Waals surface area contributed by atoms with Crippen LogP contribution in [-0.2, 0) is 15.0 Å². The number of hydrogen-bond donors (Lipinski definition) is 1. The first-order chi connectivity index (χ1) is 12.2. The molecule has 2 aromatic carbocycles. The number of nitrogens with zero attached hydrogens (tertiary/aromatic N) is 1. The highest BCUT2D eigenvalue weighted by atomic mass is 19.1. The minimum Gasteiger partial charge on any atom is -0.326 e. The predicted molar refractivity (Wildman–Crippen MR) is 101 cm³/mol. The Morgan fingerprint density at radius 3 is 2.27 bits per heavy atom. The Labute approximate surface area is 153 Å². The zero-order valence-electron chi connectivity index (χ0n) is 15.3. The number of benzene rings is 2. The molecule has 0 radical (unpaired) electrons. The number of amides is 2. The molecule has 1 fully saturated rings. The summed E-state index contributed by atoms with van der Waals surface area (Å²) in [5.74, 6) is -1.07. The number of rotatable bonds is 3. The number of hydrogen-bond acceptors (Lipinski definition) is 2. The van der Waals surface area contributed by atoms with Crippen LogP contribution in [0.5, 0.6) is 0 Å². The summed E-state index contributed by atoms with van der Waals surface area (Å²) in [5.41, 5.74) is 2.57. The Hall–Kier alpha value is -2.69. The van der Waals surface area contributed by atoms with E-state index in [1.165, 1.54) is 22.6 Å². The quantitative estimate of drug-likeness (QED) is 0.902. The fraction of sp³-hybridized carbons (Fsp3) is 0.333. The van der Waals surface area contributed by atoms with E-state index in [0.29, 0.717) is 12.2 Å². The van der Waals surface area contributed by atoms with Crippen LogP contribution in [0.3, 0.4) is 0 Å². The minimum absolute atomic E-state index is 0.0517. The molecule has 0 aromatic heterocycles. The van der Waals surface area contributed by atoms with E-state index in [0.717, 1.165) is 5.69 Å². The average Bonchev–Trinajstić information content (AvgIpc) is 2.97. The van der Waals surface area contributed by atoms with Gasteiger partial charge in [0.05, 0.1) is 5.92 Å². The lowest BCUT2D eigenvalue weighted by molar-refractivity contribution is -0.122. The SMILES string of the molecule is CC(C)(C)c1ccc(NC(=O)[C@H]2CC(=O)N(c3ccc(F)cc3)C2)cc1. The van der Waals surface area contributed by atoms with Crippen molar-refractivity contribution in [2.45, 2.75) is 32.6 Å². The third kappa shape index (κ3) is 3.93. The standard InChI is InChI=1S/C21H23FN2O2/c1-21(2,3)15-4-8-17(9-5-15)23-20(26)14-12-19(25)24(13-14)18-10-6-16(22)7-11-18/h4-11,14H,12-13H2,1-3H3,(H,23,26)/t14-/m0/s1. The second-order valence-electron chi connectivity index (χ2n) is 7.70. The lowest BCUT2D eigenvalue weighted by Crippen LogP contribution is -2.28. The molecule has 1 aliphatic heterocycles. The van der Waals surface area contributed by atoms with Gasteiger partial charge in [-0.25, -0.2) is 4.39 Å². The third-order valence-corrected chi connectivity index (χ3v) is 4.65. The lowest BCUT2D eigenvalue weighted by Gasteiger charge is -2.19. The largest absolute Gasteiger partial charge is 0.326 e. The number of nitrogens with one attached hydrogen (secondary N) is 1. The Kier molecular flexibility index (Phi) is 4.81. The summed E-state index contributed by atoms with van der Waals surface area (Å²) < 4.78 is 13.1. The second kappa shape index (κ2) is 6.90. The lowest BCUT2D eigenvalue weighted by atomic mass is 9.87. The van der Waals surface area contributed by atoms with Crippen molar-refractivity contribution in [3.8, 4) is 0 Å². The number of carbonyl (C=O) groups is 2. The summed E-state index contributed by atoms with van der Waals surface area (Å²) >= 11 is 0. The fourth-order valence-electron chi connectivity index (χ4n) is 3.05. The van der Waals surface area contributed by atoms with Crippen molar-refractivity contribution < 1.29 is 14.0 Å². The normalized spacial score (nSPS) is 17.5. The molecule has 0 saturated carbocycles. The monoisotopic (exact) mass is 354 g/mol. The van der Waals surface area contributed by atoms with Gasteiger partial charge in [-0.2, -0.15) is 0 Å². The highest BCUT2D eigenvalue weighted by Crippen LogP contribution is 2.27. The van der Waals surface area contributed by atoms with E-state index in [-0.39, 0.29) is 29.5 Å². The van der Waals surface area contributed by atoms with Crippen LogP contribution in [0.15, 0.2) is 48.5 Å². The van der Waals surface area contributed by atoms with Crippen LogP contribution < -0.4 is 10.2 Å². The second-order valence-corrected chi connectivity index (χ2v) is 7.70. The highest BCUT2D eigenvalue weighted by Gasteiger charge is 2.35. The summed E-state index contributed by atoms with van der Waals surface area (Å²) in [6, 6.07) is 13.5. The van der Waals surface area contributed by atoms with Gasteiger partial charge < -0.3 is 10.2 Å². The van der Waals surface area contributed by atoms with Crippen molar-refractivity contribution in [2.75, 3.05) is 16.8 Å². The molecule has 5 heteroatoms. The van der Waals surface area contributed by atoms with Gasteiger partial charge in [-0.15, -0.1) is 0 Å². The van der Waals surface area contributed by atoms with E-state index in [1.54, 1.807) is 12.1 Å². The van der Waals surface area contributed by atoms with Crippen LogP contribution in [0, 0.1) is 11.7 Å². The maximum Gasteiger partial charge on any atom is 0.229 e. The molecule has 2 aromatic rings. The van der Waals surface area contributed by atoms with Crippen molar-refractivity contribution >= 4 is 23.2 Å². The number of halogens is 1. The molecule has 0 unspecified atom stereocenters. The van der Waals surface area contributed by atoms with Crippen LogP contribution in [-0.4, -0.2) is 18.4 Å². The molecule has 0 aliphatic carbocycles. The van der Waals surface area contributed by atoms with E-state index in [9.17, 15) is 14.0 Å². The molecule has 1 aliphatic rings. The first-order valence-corrected chi connectivity index (χ1v) is 8.71. The van der Waals surface area contributed by atoms with Crippen molar-refractivity contribution in [2.24, 2.45) is 5.92 Å². The molecule has 2 amide bonds. The maximum absolute atomic E-state index is 13.1. The van der Waals surface area contributed by atoms with E-state index in [1.807, 2.05) is 24.3 Å². The van der Waals surface area contributed by atoms with E-state index in [4.69, 9.17) is 0 Å². The van der Waals surface area contributed by atoms with Crippen LogP contribution in [0.25, 0.3) is 0 Å². The van der Waals surface area contributed by atoms with Crippen molar-refractivity contribution in [3.05, 3.63) is 59.9 Å². The molecule has 4 nitrogen and oxygen atoms in total. The Bertz CT molecular complexity index is 807. The summed E-state index contributed by atoms with van der Waals surface area (Å²) in [4.78, 5) is 26.3. The number of anilines is 2. The van der Waals surface area contributed by atoms with Crippen molar-refractivity contribution in [3.63, 3.8) is 0 Å². The minimum atomic E-state index is -0.421. The zero-order valence-corrected chi connectivity index (χ0v) is 15.3. The van der Waals surface area contributed by atoms with Gasteiger partial charge in [0.2, 0.25) is 11.8 Å². The maximum atomic E-state index is 13.1. The van der Waals surface area contributed by atoms with Crippen LogP contribution >= 0.6 is 0 Å². The molecule has 0 bridgehead atoms. The van der Waals surface area contributed by atoms with Gasteiger partial charge in [0.1, 0.15) is 5.82 Å². The Morgan fingerprint density at radius 1 is 1.08 bits per heavy atom. The van der Waals surface area contributed by atoms with E-state index >= 15 is 0 Å². The summed E-state index contributed by atoms with van der Waals surface area (Å²) in [7, 11) is 0. The van der Waals surface area contributed by atoms with Gasteiger partial charge in [-0.1, -0.05) is 32.9 Å². The highest BCUT2D eigenvalue weighted by molar-refractivity contribution is 6.03. The third-order valence-electron chi connectivity index (χ3n) is 4.65. The molecule has 1 atom stereocenters. The smallest absolute Gasteiger partial charge is 0.229 e. The van der Waals surface area contributed by atoms with Gasteiger partial charge in [-0.3, -0.25) is 9.59 Å². The predicted octanol–water partition coefficient (Wildman–Crippen LogP) is 4.11. The van der Waals surface area contributed by atoms with E-state index in [2.05, 4.69) is 26.1 Å². The Balaban J connectivity index is 1.65. The van der Waals surface area contributed by atoms with Gasteiger partial charge in [-0.05, 0) is 47.4 Å². The molecule has 26 heavy (non-hydrogen) atoms. The fourth-order valence-corrected chi connectivity index (χ4v) is 3.05. The van der Waals surface area contributed by atoms with Crippen LogP contribution in [0.1, 0.15) is 32.8 Å². The molecule has 0 spiro atoms. The zero-order chi connectivity index (χ0) is 18.9. The van der Waals surface area contributed by atoms with Gasteiger partial charge >= 0.3 is 0 Å². The summed E-state index contributed by atoms with van der Waals surface area (Å²) in [6.45, 7) is 6.70. The molecule has 1 heterocycles. The first kappa shape index (κ1) is 18.1. The number of carbonyl (C=O) groups excluding carboxylic acids is 2. The molecular weight excluding hydrogens is 331 g/mol. The molecular formula is C21H23FN2O2. The molecule has 1 N–H and O–H groups in total. The molecule has 3 rings (SSSR count). The topological polar surface area (TPSA) is 49.4 Å². The van der Waals surface area contributed by atoms with Crippen molar-refractivity contribution in [1.29, 1.82) is 0 Å². The van der Waals surface area contributed by atoms with Crippen LogP contribution in [0.4, 0.5) is 15.8 Å². The summed E-state index contributed by atoms with van der Waals surface area (Å²) in [6.07, 6.45) is 0.156. The first-order valence-electron chi connectivity index (χ1n) is 8.71. The summed E-state index contributed by atoms with van der Waals surface area (Å²) in [5, 5.41) is 2.89. The van der Waals surface area contributed by atoms with Gasteiger partial charge in [0.15, 0.2) is 0 Å². The van der Waals surface area contributed by atoms with E-state index < -0.39 is 5.92 Å². The average molecular weight is 354 g/mol. The van der Waals surface area contributed by atoms with Crippen LogP contribution in [0.2, 0.25) is 0 Å². The van der Waals surface area contributed by atoms with Gasteiger partial charge in [0.25, 0.3) is 0 Å². The Morgan fingerprint density at radius 2 is 1.69 bits per heavy atom. The van der Waals surface area contributed by atoms with Crippen molar-refractivity contribution in [1.82, 2.24) is 0 Å².